The molecule has 0 atom stereocenters. The number of hydrogen-bond donors (Lipinski definition) is 1. The molecule has 98 valence electrons. The molecule has 2 rings (SSSR count). The van der Waals surface area contributed by atoms with Gasteiger partial charge < -0.3 is 9.88 Å². The first-order valence-corrected chi connectivity index (χ1v) is 6.39. The van der Waals surface area contributed by atoms with Gasteiger partial charge >= 0.3 is 0 Å². The summed E-state index contributed by atoms with van der Waals surface area (Å²) in [4.78, 5) is 4.34. The molecule has 2 aromatic rings. The average molecular weight is 247 g/mol. The van der Waals surface area contributed by atoms with Crippen LogP contribution in [0, 0.1) is 0 Å². The minimum atomic E-state index is 0.380. The molecule has 0 aliphatic rings. The predicted molar refractivity (Wildman–Crippen MR) is 72.7 cm³/mol. The second-order valence-corrected chi connectivity index (χ2v) is 4.81. The minimum Gasteiger partial charge on any atom is -0.353 e. The van der Waals surface area contributed by atoms with Gasteiger partial charge in [-0.25, -0.2) is 4.98 Å². The van der Waals surface area contributed by atoms with E-state index in [1.165, 1.54) is 5.56 Å². The van der Waals surface area contributed by atoms with Crippen molar-refractivity contribution in [2.45, 2.75) is 39.8 Å². The van der Waals surface area contributed by atoms with Gasteiger partial charge in [0.2, 0.25) is 5.95 Å². The molecule has 0 fully saturated rings. The van der Waals surface area contributed by atoms with E-state index >= 15 is 0 Å². The zero-order valence-corrected chi connectivity index (χ0v) is 11.5. The fourth-order valence-electron chi connectivity index (χ4n) is 2.03. The third kappa shape index (κ3) is 2.72. The van der Waals surface area contributed by atoms with Crippen LogP contribution in [0.1, 0.15) is 32.0 Å². The first kappa shape index (κ1) is 12.7. The predicted octanol–water partition coefficient (Wildman–Crippen LogP) is 2.05. The SMILES string of the molecule is CCc1nn(C)cc1Cn1ccnc1NC(C)C. The molecule has 2 aromatic heterocycles. The van der Waals surface area contributed by atoms with E-state index in [-0.39, 0.29) is 0 Å². The van der Waals surface area contributed by atoms with Gasteiger partial charge in [-0.3, -0.25) is 4.68 Å². The first-order valence-electron chi connectivity index (χ1n) is 6.39. The fourth-order valence-corrected chi connectivity index (χ4v) is 2.03. The zero-order chi connectivity index (χ0) is 13.1. The van der Waals surface area contributed by atoms with E-state index in [1.807, 2.05) is 24.1 Å². The summed E-state index contributed by atoms with van der Waals surface area (Å²) in [6.45, 7) is 7.17. The molecule has 2 heterocycles. The Kier molecular flexibility index (Phi) is 3.69. The second-order valence-electron chi connectivity index (χ2n) is 4.81. The van der Waals surface area contributed by atoms with Crippen molar-refractivity contribution in [3.8, 4) is 0 Å². The lowest BCUT2D eigenvalue weighted by molar-refractivity contribution is 0.746. The summed E-state index contributed by atoms with van der Waals surface area (Å²) in [6, 6.07) is 0.380. The number of nitrogens with one attached hydrogen (secondary N) is 1. The molecule has 0 saturated carbocycles. The highest BCUT2D eigenvalue weighted by Gasteiger charge is 2.09. The normalized spacial score (nSPS) is 11.2. The molecule has 1 N–H and O–H groups in total. The van der Waals surface area contributed by atoms with Crippen molar-refractivity contribution >= 4 is 5.95 Å². The van der Waals surface area contributed by atoms with Gasteiger partial charge in [0.25, 0.3) is 0 Å². The Hall–Kier alpha value is -1.78. The highest BCUT2D eigenvalue weighted by molar-refractivity contribution is 5.29. The lowest BCUT2D eigenvalue weighted by Crippen LogP contribution is -2.15. The summed E-state index contributed by atoms with van der Waals surface area (Å²) in [5.41, 5.74) is 2.41. The summed E-state index contributed by atoms with van der Waals surface area (Å²) in [5, 5.41) is 7.81. The Morgan fingerprint density at radius 1 is 1.39 bits per heavy atom. The van der Waals surface area contributed by atoms with Crippen LogP contribution in [0.2, 0.25) is 0 Å². The number of nitrogens with zero attached hydrogens (tertiary/aromatic N) is 4. The van der Waals surface area contributed by atoms with Crippen molar-refractivity contribution in [1.29, 1.82) is 0 Å². The Labute approximate surface area is 108 Å². The Bertz CT molecular complexity index is 509. The second kappa shape index (κ2) is 5.25. The summed E-state index contributed by atoms with van der Waals surface area (Å²) in [7, 11) is 1.96. The van der Waals surface area contributed by atoms with Crippen LogP contribution in [0.5, 0.6) is 0 Å². The molecule has 0 aromatic carbocycles. The maximum atomic E-state index is 4.46. The molecule has 0 radical (unpaired) electrons. The number of aromatic nitrogens is 4. The average Bonchev–Trinajstić information content (AvgIpc) is 2.86. The molecule has 0 amide bonds. The maximum Gasteiger partial charge on any atom is 0.203 e. The molecular weight excluding hydrogens is 226 g/mol. The standard InChI is InChI=1S/C13H21N5/c1-5-12-11(8-17(4)16-12)9-18-7-6-14-13(18)15-10(2)3/h6-8,10H,5,9H2,1-4H3,(H,14,15). The summed E-state index contributed by atoms with van der Waals surface area (Å²) < 4.78 is 4.00. The van der Waals surface area contributed by atoms with Gasteiger partial charge in [0, 0.05) is 37.2 Å². The van der Waals surface area contributed by atoms with Gasteiger partial charge in [0.15, 0.2) is 0 Å². The van der Waals surface area contributed by atoms with Gasteiger partial charge in [-0.2, -0.15) is 5.10 Å². The van der Waals surface area contributed by atoms with E-state index in [4.69, 9.17) is 0 Å². The van der Waals surface area contributed by atoms with Gasteiger partial charge in [-0.05, 0) is 20.3 Å². The number of rotatable bonds is 5. The molecule has 18 heavy (non-hydrogen) atoms. The Balaban J connectivity index is 2.20. The fraction of sp³-hybridized carbons (Fsp3) is 0.538. The third-order valence-corrected chi connectivity index (χ3v) is 2.80. The Morgan fingerprint density at radius 2 is 2.17 bits per heavy atom. The molecule has 0 bridgehead atoms. The first-order chi connectivity index (χ1) is 8.60. The van der Waals surface area contributed by atoms with Crippen LogP contribution in [0.4, 0.5) is 5.95 Å². The number of hydrogen-bond acceptors (Lipinski definition) is 3. The van der Waals surface area contributed by atoms with Crippen LogP contribution in [0.15, 0.2) is 18.6 Å². The van der Waals surface area contributed by atoms with E-state index in [9.17, 15) is 0 Å². The minimum absolute atomic E-state index is 0.380. The van der Waals surface area contributed by atoms with Gasteiger partial charge in [-0.15, -0.1) is 0 Å². The molecule has 0 aliphatic carbocycles. The van der Waals surface area contributed by atoms with Crippen LogP contribution in [-0.2, 0) is 20.0 Å². The van der Waals surface area contributed by atoms with Crippen molar-refractivity contribution in [1.82, 2.24) is 19.3 Å². The lowest BCUT2D eigenvalue weighted by Gasteiger charge is -2.12. The highest BCUT2D eigenvalue weighted by Crippen LogP contribution is 2.13. The monoisotopic (exact) mass is 247 g/mol. The lowest BCUT2D eigenvalue weighted by atomic mass is 10.2. The molecule has 0 aliphatic heterocycles. The molecule has 5 nitrogen and oxygen atoms in total. The van der Waals surface area contributed by atoms with Crippen molar-refractivity contribution < 1.29 is 0 Å². The largest absolute Gasteiger partial charge is 0.353 e. The molecule has 0 unspecified atom stereocenters. The topological polar surface area (TPSA) is 47.7 Å². The molecule has 0 saturated heterocycles. The van der Waals surface area contributed by atoms with Crippen LogP contribution in [0.25, 0.3) is 0 Å². The number of anilines is 1. The van der Waals surface area contributed by atoms with E-state index in [1.54, 1.807) is 0 Å². The smallest absolute Gasteiger partial charge is 0.203 e. The van der Waals surface area contributed by atoms with Gasteiger partial charge in [-0.1, -0.05) is 6.92 Å². The quantitative estimate of drug-likeness (QED) is 0.879. The molecular formula is C13H21N5. The maximum absolute atomic E-state index is 4.46. The van der Waals surface area contributed by atoms with Crippen LogP contribution in [0.3, 0.4) is 0 Å². The molecule has 0 spiro atoms. The van der Waals surface area contributed by atoms with Crippen molar-refractivity contribution in [2.24, 2.45) is 7.05 Å². The summed E-state index contributed by atoms with van der Waals surface area (Å²) in [5.74, 6) is 0.913. The van der Waals surface area contributed by atoms with Gasteiger partial charge in [0.05, 0.1) is 12.2 Å². The van der Waals surface area contributed by atoms with E-state index in [0.717, 1.165) is 24.6 Å². The summed E-state index contributed by atoms with van der Waals surface area (Å²) in [6.07, 6.45) is 6.86. The highest BCUT2D eigenvalue weighted by atomic mass is 15.3. The zero-order valence-electron chi connectivity index (χ0n) is 11.5. The summed E-state index contributed by atoms with van der Waals surface area (Å²) >= 11 is 0. The van der Waals surface area contributed by atoms with Crippen molar-refractivity contribution in [3.63, 3.8) is 0 Å². The molecule has 5 heteroatoms. The van der Waals surface area contributed by atoms with Crippen LogP contribution in [-0.4, -0.2) is 25.4 Å². The third-order valence-electron chi connectivity index (χ3n) is 2.80. The number of aryl methyl sites for hydroxylation is 2. The number of imidazole rings is 1. The van der Waals surface area contributed by atoms with E-state index in [2.05, 4.69) is 46.9 Å². The van der Waals surface area contributed by atoms with Crippen LogP contribution >= 0.6 is 0 Å². The van der Waals surface area contributed by atoms with Crippen molar-refractivity contribution in [3.05, 3.63) is 29.8 Å². The Morgan fingerprint density at radius 3 is 2.83 bits per heavy atom. The van der Waals surface area contributed by atoms with E-state index < -0.39 is 0 Å². The van der Waals surface area contributed by atoms with Crippen LogP contribution < -0.4 is 5.32 Å². The van der Waals surface area contributed by atoms with E-state index in [0.29, 0.717) is 6.04 Å². The van der Waals surface area contributed by atoms with Gasteiger partial charge in [0.1, 0.15) is 0 Å². The van der Waals surface area contributed by atoms with Crippen molar-refractivity contribution in [2.75, 3.05) is 5.32 Å².